The lowest BCUT2D eigenvalue weighted by molar-refractivity contribution is 0.101. The first kappa shape index (κ1) is 20.4. The SMILES string of the molecule is CB(O)OC1CN(B(C)O)C(=Nc2cc(C(C)=O)ccn2)N(B(C)O)C1. The predicted molar refractivity (Wildman–Crippen MR) is 101 cm³/mol. The third-order valence-electron chi connectivity index (χ3n) is 3.97. The second-order valence-corrected chi connectivity index (χ2v) is 6.30. The predicted octanol–water partition coefficient (Wildman–Crippen LogP) is -0.395. The Kier molecular flexibility index (Phi) is 6.82. The Hall–Kier alpha value is -1.88. The first-order valence-electron chi connectivity index (χ1n) is 8.47. The minimum Gasteiger partial charge on any atom is -0.432 e. The largest absolute Gasteiger partial charge is 0.451 e. The number of pyridine rings is 1. The van der Waals surface area contributed by atoms with Crippen LogP contribution in [0.3, 0.4) is 0 Å². The fourth-order valence-electron chi connectivity index (χ4n) is 2.76. The van der Waals surface area contributed by atoms with Crippen molar-refractivity contribution in [3.05, 3.63) is 23.9 Å². The van der Waals surface area contributed by atoms with Crippen LogP contribution in [0.2, 0.25) is 20.5 Å². The van der Waals surface area contributed by atoms with Crippen molar-refractivity contribution in [3.8, 4) is 0 Å². The molecule has 1 fully saturated rings. The van der Waals surface area contributed by atoms with Gasteiger partial charge in [0.1, 0.15) is 0 Å². The maximum absolute atomic E-state index is 11.6. The summed E-state index contributed by atoms with van der Waals surface area (Å²) in [6, 6.07) is 3.15. The number of carbonyl (C=O) groups excluding carboxylic acids is 1. The number of rotatable bonds is 6. The summed E-state index contributed by atoms with van der Waals surface area (Å²) >= 11 is 0. The van der Waals surface area contributed by atoms with E-state index in [0.717, 1.165) is 0 Å². The molecule has 0 atom stereocenters. The van der Waals surface area contributed by atoms with Crippen LogP contribution in [-0.2, 0) is 4.65 Å². The summed E-state index contributed by atoms with van der Waals surface area (Å²) in [6.45, 7) is 6.64. The number of aliphatic imine (C=N–C) groups is 1. The lowest BCUT2D eigenvalue weighted by atomic mass is 9.79. The number of nitrogens with zero attached hydrogens (tertiary/aromatic N) is 4. The van der Waals surface area contributed by atoms with Gasteiger partial charge in [0.05, 0.1) is 6.10 Å². The third kappa shape index (κ3) is 5.07. The highest BCUT2D eigenvalue weighted by Crippen LogP contribution is 2.19. The first-order valence-corrected chi connectivity index (χ1v) is 8.47. The van der Waals surface area contributed by atoms with Gasteiger partial charge in [0.2, 0.25) is 0 Å². The number of aromatic nitrogens is 1. The van der Waals surface area contributed by atoms with Crippen molar-refractivity contribution in [1.82, 2.24) is 14.6 Å². The molecule has 9 nitrogen and oxygen atoms in total. The van der Waals surface area contributed by atoms with E-state index in [9.17, 15) is 19.9 Å². The monoisotopic (exact) mass is 360 g/mol. The zero-order valence-electron chi connectivity index (χ0n) is 15.4. The number of Topliss-reactive ketones (excluding diaryl/α,β-unsaturated/α-hetero) is 1. The van der Waals surface area contributed by atoms with Crippen molar-refractivity contribution < 1.29 is 24.5 Å². The Morgan fingerprint density at radius 1 is 1.23 bits per heavy atom. The van der Waals surface area contributed by atoms with Gasteiger partial charge >= 0.3 is 21.2 Å². The average Bonchev–Trinajstić information content (AvgIpc) is 2.55. The molecule has 0 amide bonds. The quantitative estimate of drug-likeness (QED) is 0.464. The summed E-state index contributed by atoms with van der Waals surface area (Å²) in [6.07, 6.45) is 1.05. The Bertz CT molecular complexity index is 654. The van der Waals surface area contributed by atoms with Gasteiger partial charge in [0.25, 0.3) is 0 Å². The molecule has 1 aromatic heterocycles. The van der Waals surface area contributed by atoms with E-state index in [-0.39, 0.29) is 18.9 Å². The summed E-state index contributed by atoms with van der Waals surface area (Å²) in [5.41, 5.74) is 0.470. The number of hydrogen-bond acceptors (Lipinski definition) is 7. The van der Waals surface area contributed by atoms with Crippen LogP contribution in [0.5, 0.6) is 0 Å². The molecule has 0 spiro atoms. The fourth-order valence-corrected chi connectivity index (χ4v) is 2.76. The van der Waals surface area contributed by atoms with E-state index in [0.29, 0.717) is 17.3 Å². The lowest BCUT2D eigenvalue weighted by Crippen LogP contribution is -2.64. The van der Waals surface area contributed by atoms with Gasteiger partial charge in [-0.05, 0) is 39.5 Å². The van der Waals surface area contributed by atoms with Gasteiger partial charge in [-0.1, -0.05) is 0 Å². The molecular weight excluding hydrogens is 337 g/mol. The number of ketones is 1. The normalized spacial score (nSPS) is 17.2. The molecule has 0 saturated carbocycles. The van der Waals surface area contributed by atoms with Crippen molar-refractivity contribution in [1.29, 1.82) is 0 Å². The van der Waals surface area contributed by atoms with E-state index in [1.165, 1.54) is 19.9 Å². The summed E-state index contributed by atoms with van der Waals surface area (Å²) in [7, 11) is -2.79. The molecule has 3 N–H and O–H groups in total. The Morgan fingerprint density at radius 3 is 2.27 bits per heavy atom. The molecule has 2 heterocycles. The molecular formula is C14H23B3N4O5. The average molecular weight is 360 g/mol. The molecule has 0 aliphatic carbocycles. The minimum absolute atomic E-state index is 0.109. The number of hydrogen-bond donors (Lipinski definition) is 3. The van der Waals surface area contributed by atoms with Gasteiger partial charge in [0, 0.05) is 24.8 Å². The molecule has 0 bridgehead atoms. The molecule has 138 valence electrons. The van der Waals surface area contributed by atoms with E-state index in [1.54, 1.807) is 35.4 Å². The number of carbonyl (C=O) groups is 1. The van der Waals surface area contributed by atoms with Crippen LogP contribution in [-0.4, -0.2) is 81.8 Å². The van der Waals surface area contributed by atoms with Crippen molar-refractivity contribution >= 4 is 38.8 Å². The van der Waals surface area contributed by atoms with Gasteiger partial charge in [-0.25, -0.2) is 4.98 Å². The van der Waals surface area contributed by atoms with Crippen LogP contribution in [0.1, 0.15) is 17.3 Å². The molecule has 26 heavy (non-hydrogen) atoms. The fraction of sp³-hybridized carbons (Fsp3) is 0.500. The molecule has 1 aromatic rings. The van der Waals surface area contributed by atoms with E-state index >= 15 is 0 Å². The molecule has 0 unspecified atom stereocenters. The highest BCUT2D eigenvalue weighted by molar-refractivity contribution is 6.54. The van der Waals surface area contributed by atoms with Crippen molar-refractivity contribution in [3.63, 3.8) is 0 Å². The Labute approximate surface area is 154 Å². The Balaban J connectivity index is 2.41. The topological polar surface area (TPSA) is 119 Å². The molecule has 1 aliphatic rings. The molecule has 12 heteroatoms. The third-order valence-corrected chi connectivity index (χ3v) is 3.97. The second-order valence-electron chi connectivity index (χ2n) is 6.30. The van der Waals surface area contributed by atoms with Gasteiger partial charge in [0.15, 0.2) is 17.6 Å². The maximum Gasteiger partial charge on any atom is 0.451 e. The van der Waals surface area contributed by atoms with Crippen molar-refractivity contribution in [2.75, 3.05) is 13.1 Å². The molecule has 2 rings (SSSR count). The van der Waals surface area contributed by atoms with E-state index in [4.69, 9.17) is 4.65 Å². The van der Waals surface area contributed by atoms with E-state index in [2.05, 4.69) is 9.98 Å². The van der Waals surface area contributed by atoms with Crippen LogP contribution in [0.15, 0.2) is 23.3 Å². The summed E-state index contributed by atoms with van der Waals surface area (Å²) in [5.74, 6) is 0.496. The summed E-state index contributed by atoms with van der Waals surface area (Å²) < 4.78 is 5.44. The first-order chi connectivity index (χ1) is 12.2. The minimum atomic E-state index is -0.973. The smallest absolute Gasteiger partial charge is 0.432 e. The molecule has 1 aliphatic heterocycles. The second kappa shape index (κ2) is 8.67. The van der Waals surface area contributed by atoms with Crippen LogP contribution in [0.4, 0.5) is 5.82 Å². The summed E-state index contributed by atoms with van der Waals surface area (Å²) in [4.78, 5) is 23.2. The molecule has 0 radical (unpaired) electrons. The van der Waals surface area contributed by atoms with Crippen molar-refractivity contribution in [2.24, 2.45) is 4.99 Å². The zero-order valence-corrected chi connectivity index (χ0v) is 15.4. The summed E-state index contributed by atoms with van der Waals surface area (Å²) in [5, 5.41) is 29.8. The van der Waals surface area contributed by atoms with Gasteiger partial charge in [-0.15, -0.1) is 0 Å². The van der Waals surface area contributed by atoms with Crippen LogP contribution < -0.4 is 0 Å². The Morgan fingerprint density at radius 2 is 1.81 bits per heavy atom. The van der Waals surface area contributed by atoms with Crippen LogP contribution in [0, 0.1) is 0 Å². The highest BCUT2D eigenvalue weighted by Gasteiger charge is 2.38. The van der Waals surface area contributed by atoms with Crippen LogP contribution in [0.25, 0.3) is 0 Å². The standard InChI is InChI=1S/C14H23B3N4O5/c1-10(22)11-5-6-18-13(7-11)19-14-20(15(2)23)8-12(26-17(4)25)9-21(14)16(3)24/h5-7,12,23-25H,8-9H2,1-4H3. The highest BCUT2D eigenvalue weighted by atomic mass is 16.5. The van der Waals surface area contributed by atoms with Crippen LogP contribution >= 0.6 is 0 Å². The van der Waals surface area contributed by atoms with E-state index in [1.807, 2.05) is 0 Å². The van der Waals surface area contributed by atoms with E-state index < -0.39 is 27.3 Å². The number of guanidine groups is 1. The lowest BCUT2D eigenvalue weighted by Gasteiger charge is -2.44. The van der Waals surface area contributed by atoms with Gasteiger partial charge < -0.3 is 29.3 Å². The zero-order chi connectivity index (χ0) is 19.4. The maximum atomic E-state index is 11.6. The van der Waals surface area contributed by atoms with Gasteiger partial charge in [-0.3, -0.25) is 4.79 Å². The van der Waals surface area contributed by atoms with Gasteiger partial charge in [-0.2, -0.15) is 4.99 Å². The molecule has 0 aromatic carbocycles. The molecule has 1 saturated heterocycles. The van der Waals surface area contributed by atoms with Crippen molar-refractivity contribution in [2.45, 2.75) is 33.5 Å².